The zero-order valence-corrected chi connectivity index (χ0v) is 10.1. The minimum Gasteiger partial charge on any atom is -0.0696 e. The van der Waals surface area contributed by atoms with E-state index in [2.05, 4.69) is 30.0 Å². The van der Waals surface area contributed by atoms with Crippen molar-refractivity contribution in [3.8, 4) is 11.8 Å². The molecule has 0 atom stereocenters. The second kappa shape index (κ2) is 6.93. The molecule has 0 heterocycles. The first kappa shape index (κ1) is 12.0. The monoisotopic (exact) mass is 230 g/mol. The molecule has 0 radical (unpaired) electrons. The van der Waals surface area contributed by atoms with Crippen molar-refractivity contribution in [3.05, 3.63) is 90.0 Å². The van der Waals surface area contributed by atoms with Crippen LogP contribution in [0.5, 0.6) is 0 Å². The quantitative estimate of drug-likeness (QED) is 0.533. The average molecular weight is 230 g/mol. The molecule has 0 aromatic heterocycles. The lowest BCUT2D eigenvalue weighted by atomic mass is 10.2. The Labute approximate surface area is 108 Å². The molecular formula is C18H14. The smallest absolute Gasteiger partial charge is 0.0248 e. The Balaban J connectivity index is 1.90. The minimum absolute atomic E-state index is 1.04. The Morgan fingerprint density at radius 2 is 1.39 bits per heavy atom. The van der Waals surface area contributed by atoms with Gasteiger partial charge in [-0.15, -0.1) is 0 Å². The van der Waals surface area contributed by atoms with Crippen LogP contribution in [0, 0.1) is 11.8 Å². The molecule has 0 heteroatoms. The standard InChI is InChI=1S/C18H14/c1(5-11-17-13-7-3-8-14-17)2-6-12-18-15-9-4-10-16-18/h1-5,7-11,13-16H/b2-1+,11-5?. The fourth-order valence-corrected chi connectivity index (χ4v) is 1.48. The van der Waals surface area contributed by atoms with Gasteiger partial charge in [0, 0.05) is 5.56 Å². The van der Waals surface area contributed by atoms with Crippen molar-refractivity contribution in [1.29, 1.82) is 0 Å². The van der Waals surface area contributed by atoms with E-state index in [0.717, 1.165) is 5.56 Å². The summed E-state index contributed by atoms with van der Waals surface area (Å²) in [5.41, 5.74) is 2.23. The van der Waals surface area contributed by atoms with Gasteiger partial charge in [-0.3, -0.25) is 0 Å². The van der Waals surface area contributed by atoms with E-state index in [1.807, 2.05) is 66.8 Å². The van der Waals surface area contributed by atoms with E-state index in [-0.39, 0.29) is 0 Å². The molecule has 0 amide bonds. The Morgan fingerprint density at radius 1 is 0.722 bits per heavy atom. The van der Waals surface area contributed by atoms with Gasteiger partial charge in [-0.1, -0.05) is 78.6 Å². The maximum atomic E-state index is 3.07. The number of benzene rings is 2. The van der Waals surface area contributed by atoms with Crippen LogP contribution in [0.1, 0.15) is 11.1 Å². The van der Waals surface area contributed by atoms with Crippen LogP contribution in [0.15, 0.2) is 78.9 Å². The molecule has 0 fully saturated rings. The van der Waals surface area contributed by atoms with Gasteiger partial charge < -0.3 is 0 Å². The zero-order chi connectivity index (χ0) is 12.5. The summed E-state index contributed by atoms with van der Waals surface area (Å²) in [5, 5.41) is 0. The third-order valence-corrected chi connectivity index (χ3v) is 2.37. The zero-order valence-electron chi connectivity index (χ0n) is 10.1. The van der Waals surface area contributed by atoms with E-state index in [9.17, 15) is 0 Å². The molecular weight excluding hydrogens is 216 g/mol. The van der Waals surface area contributed by atoms with E-state index >= 15 is 0 Å². The number of hydrogen-bond donors (Lipinski definition) is 0. The molecule has 2 aromatic carbocycles. The first-order valence-corrected chi connectivity index (χ1v) is 5.90. The highest BCUT2D eigenvalue weighted by molar-refractivity contribution is 5.51. The van der Waals surface area contributed by atoms with Crippen LogP contribution < -0.4 is 0 Å². The van der Waals surface area contributed by atoms with Crippen molar-refractivity contribution < 1.29 is 0 Å². The van der Waals surface area contributed by atoms with Crippen molar-refractivity contribution in [3.63, 3.8) is 0 Å². The molecule has 0 unspecified atom stereocenters. The minimum atomic E-state index is 1.04. The molecule has 2 aromatic rings. The molecule has 0 aliphatic rings. The molecule has 0 aliphatic heterocycles. The average Bonchev–Trinajstić information content (AvgIpc) is 2.45. The van der Waals surface area contributed by atoms with Gasteiger partial charge in [0.05, 0.1) is 0 Å². The summed E-state index contributed by atoms with van der Waals surface area (Å²) in [7, 11) is 0. The van der Waals surface area contributed by atoms with Gasteiger partial charge in [0.1, 0.15) is 0 Å². The first-order chi connectivity index (χ1) is 8.95. The largest absolute Gasteiger partial charge is 0.0696 e. The van der Waals surface area contributed by atoms with Crippen LogP contribution in [-0.2, 0) is 0 Å². The molecule has 0 spiro atoms. The molecule has 0 saturated heterocycles. The Hall–Kier alpha value is -2.52. The molecule has 86 valence electrons. The van der Waals surface area contributed by atoms with Gasteiger partial charge >= 0.3 is 0 Å². The van der Waals surface area contributed by atoms with Crippen LogP contribution in [0.4, 0.5) is 0 Å². The molecule has 18 heavy (non-hydrogen) atoms. The summed E-state index contributed by atoms with van der Waals surface area (Å²) in [6.07, 6.45) is 7.85. The van der Waals surface area contributed by atoms with Crippen LogP contribution in [0.25, 0.3) is 6.08 Å². The van der Waals surface area contributed by atoms with Gasteiger partial charge in [0.2, 0.25) is 0 Å². The van der Waals surface area contributed by atoms with Crippen molar-refractivity contribution >= 4 is 6.08 Å². The summed E-state index contributed by atoms with van der Waals surface area (Å²) in [4.78, 5) is 0. The first-order valence-electron chi connectivity index (χ1n) is 5.90. The van der Waals surface area contributed by atoms with E-state index in [1.54, 1.807) is 0 Å². The van der Waals surface area contributed by atoms with Crippen LogP contribution >= 0.6 is 0 Å². The Bertz CT molecular complexity index is 578. The predicted octanol–water partition coefficient (Wildman–Crippen LogP) is 4.31. The van der Waals surface area contributed by atoms with Crippen molar-refractivity contribution in [2.75, 3.05) is 0 Å². The fourth-order valence-electron chi connectivity index (χ4n) is 1.48. The topological polar surface area (TPSA) is 0 Å². The second-order valence-electron chi connectivity index (χ2n) is 3.76. The Morgan fingerprint density at radius 3 is 2.11 bits per heavy atom. The van der Waals surface area contributed by atoms with Crippen molar-refractivity contribution in [1.82, 2.24) is 0 Å². The lowest BCUT2D eigenvalue weighted by Gasteiger charge is -1.87. The number of hydrogen-bond acceptors (Lipinski definition) is 0. The second-order valence-corrected chi connectivity index (χ2v) is 3.76. The molecule has 0 N–H and O–H groups in total. The third-order valence-electron chi connectivity index (χ3n) is 2.37. The van der Waals surface area contributed by atoms with Crippen LogP contribution in [0.3, 0.4) is 0 Å². The SMILES string of the molecule is C(#Cc1ccccc1)/C=C/C=Cc1ccccc1. The summed E-state index contributed by atoms with van der Waals surface area (Å²) in [5.74, 6) is 6.08. The van der Waals surface area contributed by atoms with E-state index in [4.69, 9.17) is 0 Å². The third kappa shape index (κ3) is 4.15. The van der Waals surface area contributed by atoms with E-state index < -0.39 is 0 Å². The molecule has 0 nitrogen and oxygen atoms in total. The molecule has 0 saturated carbocycles. The van der Waals surface area contributed by atoms with E-state index in [0.29, 0.717) is 0 Å². The predicted molar refractivity (Wildman–Crippen MR) is 77.9 cm³/mol. The summed E-state index contributed by atoms with van der Waals surface area (Å²) >= 11 is 0. The van der Waals surface area contributed by atoms with Gasteiger partial charge in [-0.25, -0.2) is 0 Å². The van der Waals surface area contributed by atoms with Crippen LogP contribution in [0.2, 0.25) is 0 Å². The lowest BCUT2D eigenvalue weighted by molar-refractivity contribution is 1.65. The summed E-state index contributed by atoms with van der Waals surface area (Å²) < 4.78 is 0. The number of allylic oxidation sites excluding steroid dienone is 3. The maximum absolute atomic E-state index is 3.07. The van der Waals surface area contributed by atoms with Gasteiger partial charge in [0.25, 0.3) is 0 Å². The summed E-state index contributed by atoms with van der Waals surface area (Å²) in [6.45, 7) is 0. The highest BCUT2D eigenvalue weighted by Crippen LogP contribution is 2.00. The molecule has 0 aliphatic carbocycles. The summed E-state index contributed by atoms with van der Waals surface area (Å²) in [6, 6.07) is 20.2. The normalized spacial score (nSPS) is 10.4. The van der Waals surface area contributed by atoms with E-state index in [1.165, 1.54) is 5.56 Å². The molecule has 2 rings (SSSR count). The highest BCUT2D eigenvalue weighted by Gasteiger charge is 1.80. The van der Waals surface area contributed by atoms with Crippen molar-refractivity contribution in [2.24, 2.45) is 0 Å². The highest BCUT2D eigenvalue weighted by atomic mass is 13.9. The van der Waals surface area contributed by atoms with Gasteiger partial charge in [-0.05, 0) is 23.8 Å². The molecule has 0 bridgehead atoms. The Kier molecular flexibility index (Phi) is 4.60. The fraction of sp³-hybridized carbons (Fsp3) is 0. The van der Waals surface area contributed by atoms with Gasteiger partial charge in [-0.2, -0.15) is 0 Å². The van der Waals surface area contributed by atoms with Crippen molar-refractivity contribution in [2.45, 2.75) is 0 Å². The number of rotatable bonds is 2. The van der Waals surface area contributed by atoms with Crippen LogP contribution in [-0.4, -0.2) is 0 Å². The maximum Gasteiger partial charge on any atom is 0.0248 e. The lowest BCUT2D eigenvalue weighted by Crippen LogP contribution is -1.69. The van der Waals surface area contributed by atoms with Gasteiger partial charge in [0.15, 0.2) is 0 Å².